The highest BCUT2D eigenvalue weighted by Gasteiger charge is 2.54. The first-order valence-electron chi connectivity index (χ1n) is 10.2. The fourth-order valence-electron chi connectivity index (χ4n) is 4.42. The van der Waals surface area contributed by atoms with Crippen LogP contribution in [0.5, 0.6) is 11.5 Å². The summed E-state index contributed by atoms with van der Waals surface area (Å²) < 4.78 is 17.4. The molecule has 0 bridgehead atoms. The van der Waals surface area contributed by atoms with E-state index in [0.717, 1.165) is 30.9 Å². The Morgan fingerprint density at radius 3 is 2.61 bits per heavy atom. The molecule has 0 aliphatic carbocycles. The van der Waals surface area contributed by atoms with E-state index in [9.17, 15) is 9.59 Å². The number of amides is 2. The van der Waals surface area contributed by atoms with Crippen LogP contribution in [0.1, 0.15) is 39.5 Å². The van der Waals surface area contributed by atoms with E-state index in [1.165, 1.54) is 4.90 Å². The van der Waals surface area contributed by atoms with Crippen molar-refractivity contribution in [3.8, 4) is 11.5 Å². The Morgan fingerprint density at radius 1 is 1.14 bits per heavy atom. The third-order valence-corrected chi connectivity index (χ3v) is 6.11. The normalized spacial score (nSPS) is 27.0. The molecule has 3 aliphatic heterocycles. The average molecular weight is 388 g/mol. The summed E-state index contributed by atoms with van der Waals surface area (Å²) in [6, 6.07) is 7.52. The zero-order valence-corrected chi connectivity index (χ0v) is 16.6. The van der Waals surface area contributed by atoms with Crippen LogP contribution in [0.15, 0.2) is 24.3 Å². The van der Waals surface area contributed by atoms with Crippen LogP contribution < -0.4 is 9.47 Å². The molecule has 3 heterocycles. The minimum Gasteiger partial charge on any atom is -0.486 e. The SMILES string of the molecule is CCC1(CC)OC(=O)N([C@H]2CCCN(C[C@H]3COc4ccccc4O3)C2)C1=O. The van der Waals surface area contributed by atoms with Gasteiger partial charge in [0.1, 0.15) is 12.7 Å². The molecule has 2 saturated heterocycles. The number of benzene rings is 1. The summed E-state index contributed by atoms with van der Waals surface area (Å²) in [7, 11) is 0. The highest BCUT2D eigenvalue weighted by atomic mass is 16.6. The third kappa shape index (κ3) is 3.32. The molecule has 2 amide bonds. The molecule has 4 rings (SSSR count). The van der Waals surface area contributed by atoms with Gasteiger partial charge >= 0.3 is 6.09 Å². The van der Waals surface area contributed by atoms with Gasteiger partial charge in [-0.25, -0.2) is 9.69 Å². The summed E-state index contributed by atoms with van der Waals surface area (Å²) in [5.41, 5.74) is -0.983. The quantitative estimate of drug-likeness (QED) is 0.773. The zero-order valence-electron chi connectivity index (χ0n) is 16.6. The van der Waals surface area contributed by atoms with Crippen molar-refractivity contribution in [3.63, 3.8) is 0 Å². The van der Waals surface area contributed by atoms with Crippen molar-refractivity contribution in [2.24, 2.45) is 0 Å². The molecule has 28 heavy (non-hydrogen) atoms. The number of ether oxygens (including phenoxy) is 3. The van der Waals surface area contributed by atoms with Gasteiger partial charge < -0.3 is 14.2 Å². The Kier molecular flexibility index (Phi) is 5.19. The van der Waals surface area contributed by atoms with E-state index in [1.807, 2.05) is 38.1 Å². The molecule has 152 valence electrons. The molecule has 7 nitrogen and oxygen atoms in total. The second-order valence-corrected chi connectivity index (χ2v) is 7.80. The maximum Gasteiger partial charge on any atom is 0.418 e. The number of hydrogen-bond donors (Lipinski definition) is 0. The van der Waals surface area contributed by atoms with Crippen molar-refractivity contribution in [2.45, 2.75) is 57.3 Å². The van der Waals surface area contributed by atoms with E-state index in [4.69, 9.17) is 14.2 Å². The molecule has 2 atom stereocenters. The second kappa shape index (κ2) is 7.62. The van der Waals surface area contributed by atoms with Crippen molar-refractivity contribution < 1.29 is 23.8 Å². The zero-order chi connectivity index (χ0) is 19.7. The Hall–Kier alpha value is -2.28. The molecule has 3 aliphatic rings. The Bertz CT molecular complexity index is 748. The highest BCUT2D eigenvalue weighted by molar-refractivity contribution is 6.03. The number of imide groups is 1. The van der Waals surface area contributed by atoms with Gasteiger partial charge in [-0.1, -0.05) is 26.0 Å². The van der Waals surface area contributed by atoms with E-state index in [0.29, 0.717) is 32.5 Å². The van der Waals surface area contributed by atoms with Gasteiger partial charge in [0.15, 0.2) is 17.1 Å². The third-order valence-electron chi connectivity index (χ3n) is 6.11. The Balaban J connectivity index is 1.40. The number of fused-ring (bicyclic) bond motifs is 1. The molecule has 0 spiro atoms. The number of carbonyl (C=O) groups excluding carboxylic acids is 2. The average Bonchev–Trinajstić information content (AvgIpc) is 2.98. The lowest BCUT2D eigenvalue weighted by molar-refractivity contribution is -0.139. The molecule has 2 fully saturated rings. The summed E-state index contributed by atoms with van der Waals surface area (Å²) in [5, 5.41) is 0. The molecule has 7 heteroatoms. The lowest BCUT2D eigenvalue weighted by Gasteiger charge is -2.38. The largest absolute Gasteiger partial charge is 0.486 e. The fraction of sp³-hybridized carbons (Fsp3) is 0.619. The first kappa shape index (κ1) is 19.1. The maximum atomic E-state index is 13.0. The van der Waals surface area contributed by atoms with Gasteiger partial charge in [0.05, 0.1) is 6.04 Å². The van der Waals surface area contributed by atoms with Gasteiger partial charge in [0.2, 0.25) is 0 Å². The first-order chi connectivity index (χ1) is 13.6. The van der Waals surface area contributed by atoms with Crippen LogP contribution in [0.25, 0.3) is 0 Å². The monoisotopic (exact) mass is 388 g/mol. The Morgan fingerprint density at radius 2 is 1.89 bits per heavy atom. The summed E-state index contributed by atoms with van der Waals surface area (Å²) in [5.74, 6) is 1.36. The summed E-state index contributed by atoms with van der Waals surface area (Å²) >= 11 is 0. The van der Waals surface area contributed by atoms with Crippen molar-refractivity contribution in [1.82, 2.24) is 9.80 Å². The second-order valence-electron chi connectivity index (χ2n) is 7.80. The van der Waals surface area contributed by atoms with Gasteiger partial charge in [0.25, 0.3) is 5.91 Å². The van der Waals surface area contributed by atoms with Crippen LogP contribution in [-0.2, 0) is 9.53 Å². The summed E-state index contributed by atoms with van der Waals surface area (Å²) in [6.45, 7) is 6.55. The standard InChI is InChI=1S/C21H28N2O5/c1-3-21(4-2)19(24)23(20(25)28-21)15-8-7-11-22(12-15)13-16-14-26-17-9-5-6-10-18(17)27-16/h5-6,9-10,15-16H,3-4,7-8,11-14H2,1-2H3/t15-,16-/m0/s1. The lowest BCUT2D eigenvalue weighted by atomic mass is 9.95. The van der Waals surface area contributed by atoms with Crippen LogP contribution in [-0.4, -0.2) is 65.8 Å². The van der Waals surface area contributed by atoms with E-state index in [-0.39, 0.29) is 18.1 Å². The van der Waals surface area contributed by atoms with Crippen molar-refractivity contribution in [1.29, 1.82) is 0 Å². The Labute approximate surface area is 165 Å². The van der Waals surface area contributed by atoms with Crippen molar-refractivity contribution >= 4 is 12.0 Å². The number of likely N-dealkylation sites (tertiary alicyclic amines) is 1. The van der Waals surface area contributed by atoms with Crippen LogP contribution in [0.3, 0.4) is 0 Å². The number of piperidine rings is 1. The van der Waals surface area contributed by atoms with Crippen LogP contribution in [0.4, 0.5) is 4.79 Å². The molecular formula is C21H28N2O5. The van der Waals surface area contributed by atoms with E-state index in [2.05, 4.69) is 4.90 Å². The molecule has 0 aromatic heterocycles. The summed E-state index contributed by atoms with van der Waals surface area (Å²) in [4.78, 5) is 29.0. The number of carbonyl (C=O) groups is 2. The smallest absolute Gasteiger partial charge is 0.418 e. The van der Waals surface area contributed by atoms with E-state index in [1.54, 1.807) is 0 Å². The number of cyclic esters (lactones) is 1. The topological polar surface area (TPSA) is 68.3 Å². The molecule has 0 unspecified atom stereocenters. The van der Waals surface area contributed by atoms with Crippen LogP contribution in [0, 0.1) is 0 Å². The molecule has 0 saturated carbocycles. The van der Waals surface area contributed by atoms with Gasteiger partial charge in [0, 0.05) is 13.1 Å². The van der Waals surface area contributed by atoms with Crippen LogP contribution >= 0.6 is 0 Å². The van der Waals surface area contributed by atoms with Crippen molar-refractivity contribution in [3.05, 3.63) is 24.3 Å². The number of para-hydroxylation sites is 2. The molecule has 0 N–H and O–H groups in total. The van der Waals surface area contributed by atoms with E-state index >= 15 is 0 Å². The number of hydrogen-bond acceptors (Lipinski definition) is 6. The van der Waals surface area contributed by atoms with E-state index < -0.39 is 11.7 Å². The van der Waals surface area contributed by atoms with Crippen molar-refractivity contribution in [2.75, 3.05) is 26.2 Å². The lowest BCUT2D eigenvalue weighted by Crippen LogP contribution is -2.53. The minimum absolute atomic E-state index is 0.0692. The predicted octanol–water partition coefficient (Wildman–Crippen LogP) is 2.83. The van der Waals surface area contributed by atoms with Gasteiger partial charge in [-0.3, -0.25) is 9.69 Å². The molecule has 0 radical (unpaired) electrons. The fourth-order valence-corrected chi connectivity index (χ4v) is 4.42. The maximum absolute atomic E-state index is 13.0. The van der Waals surface area contributed by atoms with Gasteiger partial charge in [-0.15, -0.1) is 0 Å². The van der Waals surface area contributed by atoms with Gasteiger partial charge in [-0.2, -0.15) is 0 Å². The molecule has 1 aromatic carbocycles. The van der Waals surface area contributed by atoms with Crippen LogP contribution in [0.2, 0.25) is 0 Å². The first-order valence-corrected chi connectivity index (χ1v) is 10.2. The van der Waals surface area contributed by atoms with Gasteiger partial charge in [-0.05, 0) is 44.4 Å². The minimum atomic E-state index is -0.983. The number of rotatable bonds is 5. The molecular weight excluding hydrogens is 360 g/mol. The molecule has 1 aromatic rings. The predicted molar refractivity (Wildman–Crippen MR) is 102 cm³/mol. The summed E-state index contributed by atoms with van der Waals surface area (Å²) in [6.07, 6.45) is 2.19. The number of nitrogens with zero attached hydrogens (tertiary/aromatic N) is 2. The highest BCUT2D eigenvalue weighted by Crippen LogP contribution is 2.34.